The predicted molar refractivity (Wildman–Crippen MR) is 75.3 cm³/mol. The fourth-order valence-corrected chi connectivity index (χ4v) is 1.94. The van der Waals surface area contributed by atoms with Gasteiger partial charge >= 0.3 is 0 Å². The van der Waals surface area contributed by atoms with E-state index < -0.39 is 0 Å². The minimum atomic E-state index is 0.323. The van der Waals surface area contributed by atoms with Crippen LogP contribution in [0.15, 0.2) is 0 Å². The maximum Gasteiger partial charge on any atom is 0.0596 e. The maximum atomic E-state index is 5.84. The summed E-state index contributed by atoms with van der Waals surface area (Å²) in [6, 6.07) is 0.516. The molecular weight excluding hydrogens is 212 g/mol. The minimum Gasteiger partial charge on any atom is -0.377 e. The van der Waals surface area contributed by atoms with Gasteiger partial charge in [0.25, 0.3) is 0 Å². The van der Waals surface area contributed by atoms with Crippen molar-refractivity contribution in [1.29, 1.82) is 0 Å². The number of hydrogen-bond acceptors (Lipinski definition) is 3. The van der Waals surface area contributed by atoms with Crippen molar-refractivity contribution in [2.45, 2.75) is 65.0 Å². The molecule has 0 aromatic carbocycles. The van der Waals surface area contributed by atoms with E-state index in [0.29, 0.717) is 12.1 Å². The molecule has 3 nitrogen and oxygen atoms in total. The molecule has 0 aromatic heterocycles. The molecule has 0 heterocycles. The van der Waals surface area contributed by atoms with Crippen LogP contribution in [-0.4, -0.2) is 43.8 Å². The molecule has 104 valence electrons. The second kappa shape index (κ2) is 11.0. The largest absolute Gasteiger partial charge is 0.377 e. The first-order chi connectivity index (χ1) is 8.11. The van der Waals surface area contributed by atoms with Gasteiger partial charge in [0.2, 0.25) is 0 Å². The highest BCUT2D eigenvalue weighted by molar-refractivity contribution is 4.69. The monoisotopic (exact) mass is 244 g/mol. The molecule has 2 N–H and O–H groups in total. The summed E-state index contributed by atoms with van der Waals surface area (Å²) >= 11 is 0. The lowest BCUT2D eigenvalue weighted by Crippen LogP contribution is -2.39. The Morgan fingerprint density at radius 1 is 1.18 bits per heavy atom. The van der Waals surface area contributed by atoms with E-state index in [1.54, 1.807) is 0 Å². The van der Waals surface area contributed by atoms with Crippen LogP contribution < -0.4 is 5.73 Å². The molecule has 0 aliphatic carbocycles. The summed E-state index contributed by atoms with van der Waals surface area (Å²) in [6.45, 7) is 8.93. The van der Waals surface area contributed by atoms with Gasteiger partial charge in [-0.25, -0.2) is 0 Å². The van der Waals surface area contributed by atoms with Crippen molar-refractivity contribution in [3.8, 4) is 0 Å². The Morgan fingerprint density at radius 3 is 2.41 bits per heavy atom. The van der Waals surface area contributed by atoms with E-state index in [1.807, 2.05) is 0 Å². The normalized spacial score (nSPS) is 13.6. The standard InChI is InChI=1S/C14H32N2O/c1-5-6-7-8-9-14(12-15)16(4)10-11-17-13(2)3/h13-14H,5-12,15H2,1-4H3. The van der Waals surface area contributed by atoms with Gasteiger partial charge in [-0.3, -0.25) is 4.90 Å². The van der Waals surface area contributed by atoms with Crippen LogP contribution in [0.25, 0.3) is 0 Å². The van der Waals surface area contributed by atoms with Crippen LogP contribution >= 0.6 is 0 Å². The van der Waals surface area contributed by atoms with Crippen molar-refractivity contribution in [3.05, 3.63) is 0 Å². The molecule has 0 aliphatic rings. The van der Waals surface area contributed by atoms with Crippen molar-refractivity contribution in [3.63, 3.8) is 0 Å². The van der Waals surface area contributed by atoms with Gasteiger partial charge in [0.15, 0.2) is 0 Å². The average Bonchev–Trinajstić information content (AvgIpc) is 2.28. The molecule has 0 saturated carbocycles. The molecule has 1 unspecified atom stereocenters. The van der Waals surface area contributed by atoms with Crippen LogP contribution in [0.4, 0.5) is 0 Å². The van der Waals surface area contributed by atoms with Gasteiger partial charge in [0, 0.05) is 19.1 Å². The van der Waals surface area contributed by atoms with Crippen molar-refractivity contribution >= 4 is 0 Å². The number of hydrogen-bond donors (Lipinski definition) is 1. The summed E-state index contributed by atoms with van der Waals surface area (Å²) in [5, 5.41) is 0. The molecule has 3 heteroatoms. The fraction of sp³-hybridized carbons (Fsp3) is 1.00. The number of likely N-dealkylation sites (N-methyl/N-ethyl adjacent to an activating group) is 1. The van der Waals surface area contributed by atoms with Gasteiger partial charge in [-0.05, 0) is 27.3 Å². The summed E-state index contributed by atoms with van der Waals surface area (Å²) in [6.07, 6.45) is 6.82. The molecule has 0 radical (unpaired) electrons. The van der Waals surface area contributed by atoms with Crippen molar-refractivity contribution in [1.82, 2.24) is 4.90 Å². The smallest absolute Gasteiger partial charge is 0.0596 e. The average molecular weight is 244 g/mol. The lowest BCUT2D eigenvalue weighted by molar-refractivity contribution is 0.0554. The van der Waals surface area contributed by atoms with Gasteiger partial charge in [0.05, 0.1) is 12.7 Å². The predicted octanol–water partition coefficient (Wildman–Crippen LogP) is 2.64. The van der Waals surface area contributed by atoms with Crippen LogP contribution in [-0.2, 0) is 4.74 Å². The van der Waals surface area contributed by atoms with Gasteiger partial charge in [0.1, 0.15) is 0 Å². The van der Waals surface area contributed by atoms with Crippen LogP contribution in [0.2, 0.25) is 0 Å². The summed E-state index contributed by atoms with van der Waals surface area (Å²) in [7, 11) is 2.15. The topological polar surface area (TPSA) is 38.5 Å². The molecule has 0 rings (SSSR count). The second-order valence-corrected chi connectivity index (χ2v) is 5.14. The molecule has 0 bridgehead atoms. The van der Waals surface area contributed by atoms with E-state index in [4.69, 9.17) is 10.5 Å². The minimum absolute atomic E-state index is 0.323. The maximum absolute atomic E-state index is 5.84. The molecule has 1 atom stereocenters. The Bertz CT molecular complexity index is 162. The summed E-state index contributed by atoms with van der Waals surface area (Å²) in [5.41, 5.74) is 5.84. The van der Waals surface area contributed by atoms with Crippen LogP contribution in [0, 0.1) is 0 Å². The molecular formula is C14H32N2O. The lowest BCUT2D eigenvalue weighted by Gasteiger charge is -2.27. The van der Waals surface area contributed by atoms with E-state index in [2.05, 4.69) is 32.7 Å². The van der Waals surface area contributed by atoms with Crippen LogP contribution in [0.3, 0.4) is 0 Å². The highest BCUT2D eigenvalue weighted by atomic mass is 16.5. The number of nitrogens with two attached hydrogens (primary N) is 1. The molecule has 0 fully saturated rings. The summed E-state index contributed by atoms with van der Waals surface area (Å²) < 4.78 is 5.57. The van der Waals surface area contributed by atoms with Crippen molar-refractivity contribution in [2.24, 2.45) is 5.73 Å². The van der Waals surface area contributed by atoms with E-state index >= 15 is 0 Å². The quantitative estimate of drug-likeness (QED) is 0.568. The number of ether oxygens (including phenoxy) is 1. The Kier molecular flexibility index (Phi) is 10.9. The molecule has 0 aliphatic heterocycles. The molecule has 0 aromatic rings. The Balaban J connectivity index is 3.67. The Labute approximate surface area is 108 Å². The van der Waals surface area contributed by atoms with Gasteiger partial charge in [-0.1, -0.05) is 32.6 Å². The molecule has 0 amide bonds. The lowest BCUT2D eigenvalue weighted by atomic mass is 10.1. The van der Waals surface area contributed by atoms with Crippen molar-refractivity contribution < 1.29 is 4.74 Å². The number of nitrogens with zero attached hydrogens (tertiary/aromatic N) is 1. The van der Waals surface area contributed by atoms with Gasteiger partial charge < -0.3 is 10.5 Å². The zero-order chi connectivity index (χ0) is 13.1. The summed E-state index contributed by atoms with van der Waals surface area (Å²) in [4.78, 5) is 2.34. The molecule has 0 spiro atoms. The van der Waals surface area contributed by atoms with E-state index in [0.717, 1.165) is 19.7 Å². The first-order valence-corrected chi connectivity index (χ1v) is 7.13. The SMILES string of the molecule is CCCCCCC(CN)N(C)CCOC(C)C. The van der Waals surface area contributed by atoms with E-state index in [9.17, 15) is 0 Å². The van der Waals surface area contributed by atoms with Crippen LogP contribution in [0.1, 0.15) is 52.9 Å². The van der Waals surface area contributed by atoms with Crippen molar-refractivity contribution in [2.75, 3.05) is 26.7 Å². The van der Waals surface area contributed by atoms with E-state index in [1.165, 1.54) is 32.1 Å². The summed E-state index contributed by atoms with van der Waals surface area (Å²) in [5.74, 6) is 0. The zero-order valence-electron chi connectivity index (χ0n) is 12.2. The first kappa shape index (κ1) is 16.9. The molecule has 17 heavy (non-hydrogen) atoms. The van der Waals surface area contributed by atoms with E-state index in [-0.39, 0.29) is 0 Å². The third-order valence-corrected chi connectivity index (χ3v) is 3.18. The zero-order valence-corrected chi connectivity index (χ0v) is 12.2. The van der Waals surface area contributed by atoms with Gasteiger partial charge in [-0.2, -0.15) is 0 Å². The number of unbranched alkanes of at least 4 members (excludes halogenated alkanes) is 3. The van der Waals surface area contributed by atoms with Crippen LogP contribution in [0.5, 0.6) is 0 Å². The molecule has 0 saturated heterocycles. The Hall–Kier alpha value is -0.120. The highest BCUT2D eigenvalue weighted by Gasteiger charge is 2.12. The Morgan fingerprint density at radius 2 is 1.88 bits per heavy atom. The first-order valence-electron chi connectivity index (χ1n) is 7.13. The fourth-order valence-electron chi connectivity index (χ4n) is 1.94. The second-order valence-electron chi connectivity index (χ2n) is 5.14. The number of rotatable bonds is 11. The van der Waals surface area contributed by atoms with Gasteiger partial charge in [-0.15, -0.1) is 0 Å². The highest BCUT2D eigenvalue weighted by Crippen LogP contribution is 2.09. The third kappa shape index (κ3) is 9.57. The third-order valence-electron chi connectivity index (χ3n) is 3.18.